The Hall–Kier alpha value is -2.18. The van der Waals surface area contributed by atoms with Crippen LogP contribution in [0.4, 0.5) is 5.95 Å². The van der Waals surface area contributed by atoms with Gasteiger partial charge in [-0.25, -0.2) is 15.0 Å². The molecule has 6 nitrogen and oxygen atoms in total. The fourth-order valence-corrected chi connectivity index (χ4v) is 3.65. The fraction of sp³-hybridized carbons (Fsp3) is 0.421. The molecule has 4 rings (SSSR count). The van der Waals surface area contributed by atoms with Crippen LogP contribution in [0.1, 0.15) is 25.7 Å². The van der Waals surface area contributed by atoms with E-state index in [2.05, 4.69) is 62.4 Å². The predicted molar refractivity (Wildman–Crippen MR) is 105 cm³/mol. The summed E-state index contributed by atoms with van der Waals surface area (Å²) in [4.78, 5) is 18.2. The van der Waals surface area contributed by atoms with Crippen molar-refractivity contribution in [2.24, 2.45) is 0 Å². The lowest BCUT2D eigenvalue weighted by atomic mass is 10.3. The molecule has 3 aromatic rings. The van der Waals surface area contributed by atoms with Gasteiger partial charge in [0.05, 0.1) is 35.0 Å². The molecule has 0 atom stereocenters. The summed E-state index contributed by atoms with van der Waals surface area (Å²) in [7, 11) is 0. The highest BCUT2D eigenvalue weighted by molar-refractivity contribution is 6.30. The van der Waals surface area contributed by atoms with Gasteiger partial charge in [-0.2, -0.15) is 0 Å². The van der Waals surface area contributed by atoms with Crippen molar-refractivity contribution in [2.75, 3.05) is 31.1 Å². The number of nitrogens with zero attached hydrogens (tertiary/aromatic N) is 6. The molecule has 7 heteroatoms. The number of benzene rings is 1. The summed E-state index contributed by atoms with van der Waals surface area (Å²) in [5, 5.41) is 0.569. The van der Waals surface area contributed by atoms with E-state index in [1.807, 2.05) is 0 Å². The van der Waals surface area contributed by atoms with Gasteiger partial charge in [0.1, 0.15) is 5.82 Å². The summed E-state index contributed by atoms with van der Waals surface area (Å²) >= 11 is 5.88. The van der Waals surface area contributed by atoms with Gasteiger partial charge < -0.3 is 9.47 Å². The summed E-state index contributed by atoms with van der Waals surface area (Å²) in [6.07, 6.45) is 3.31. The maximum absolute atomic E-state index is 5.88. The van der Waals surface area contributed by atoms with Crippen molar-refractivity contribution < 1.29 is 0 Å². The van der Waals surface area contributed by atoms with Gasteiger partial charge in [-0.05, 0) is 26.0 Å². The molecule has 1 aliphatic rings. The number of halogens is 1. The molecule has 1 aliphatic heterocycles. The van der Waals surface area contributed by atoms with Crippen molar-refractivity contribution in [1.29, 1.82) is 0 Å². The molecule has 0 amide bonds. The Labute approximate surface area is 158 Å². The molecule has 26 heavy (non-hydrogen) atoms. The van der Waals surface area contributed by atoms with Crippen LogP contribution in [0.5, 0.6) is 0 Å². The zero-order valence-electron chi connectivity index (χ0n) is 15.1. The second-order valence-electron chi connectivity index (χ2n) is 6.94. The molecule has 136 valence electrons. The Bertz CT molecular complexity index is 881. The lowest BCUT2D eigenvalue weighted by Crippen LogP contribution is -2.46. The number of imidazole rings is 1. The van der Waals surface area contributed by atoms with E-state index >= 15 is 0 Å². The SMILES string of the molecule is CC(C)n1c(CN2CCN(c3ncc(Cl)cn3)CC2)nc2ccccc21. The quantitative estimate of drug-likeness (QED) is 0.704. The average molecular weight is 371 g/mol. The van der Waals surface area contributed by atoms with Gasteiger partial charge in [0, 0.05) is 32.2 Å². The van der Waals surface area contributed by atoms with Crippen LogP contribution in [0.3, 0.4) is 0 Å². The zero-order chi connectivity index (χ0) is 18.1. The van der Waals surface area contributed by atoms with E-state index in [-0.39, 0.29) is 0 Å². The molecule has 1 aromatic carbocycles. The van der Waals surface area contributed by atoms with Crippen LogP contribution in [-0.2, 0) is 6.54 Å². The highest BCUT2D eigenvalue weighted by atomic mass is 35.5. The van der Waals surface area contributed by atoms with Crippen LogP contribution in [-0.4, -0.2) is 50.6 Å². The lowest BCUT2D eigenvalue weighted by Gasteiger charge is -2.34. The second kappa shape index (κ2) is 7.21. The summed E-state index contributed by atoms with van der Waals surface area (Å²) in [5.41, 5.74) is 2.29. The largest absolute Gasteiger partial charge is 0.338 e. The van der Waals surface area contributed by atoms with E-state index in [0.29, 0.717) is 11.1 Å². The molecule has 0 unspecified atom stereocenters. The molecule has 1 fully saturated rings. The van der Waals surface area contributed by atoms with Crippen molar-refractivity contribution in [3.05, 3.63) is 47.5 Å². The zero-order valence-corrected chi connectivity index (χ0v) is 15.9. The monoisotopic (exact) mass is 370 g/mol. The number of hydrogen-bond donors (Lipinski definition) is 0. The van der Waals surface area contributed by atoms with Gasteiger partial charge in [0.2, 0.25) is 5.95 Å². The third-order valence-corrected chi connectivity index (χ3v) is 5.01. The summed E-state index contributed by atoms with van der Waals surface area (Å²) in [6.45, 7) is 9.04. The van der Waals surface area contributed by atoms with Crippen LogP contribution in [0, 0.1) is 0 Å². The van der Waals surface area contributed by atoms with Crippen molar-refractivity contribution >= 4 is 28.6 Å². The number of fused-ring (bicyclic) bond motifs is 1. The second-order valence-corrected chi connectivity index (χ2v) is 7.38. The number of para-hydroxylation sites is 2. The normalized spacial score (nSPS) is 15.9. The first kappa shape index (κ1) is 17.2. The highest BCUT2D eigenvalue weighted by Crippen LogP contribution is 2.22. The molecule has 0 spiro atoms. The van der Waals surface area contributed by atoms with Crippen molar-refractivity contribution in [1.82, 2.24) is 24.4 Å². The Balaban J connectivity index is 1.47. The predicted octanol–water partition coefficient (Wildman–Crippen LogP) is 3.38. The minimum Gasteiger partial charge on any atom is -0.338 e. The van der Waals surface area contributed by atoms with E-state index in [9.17, 15) is 0 Å². The molecule has 2 aromatic heterocycles. The van der Waals surface area contributed by atoms with Gasteiger partial charge in [0.15, 0.2) is 0 Å². The maximum atomic E-state index is 5.88. The van der Waals surface area contributed by atoms with Crippen molar-refractivity contribution in [3.8, 4) is 0 Å². The van der Waals surface area contributed by atoms with Gasteiger partial charge in [0.25, 0.3) is 0 Å². The van der Waals surface area contributed by atoms with Crippen molar-refractivity contribution in [3.63, 3.8) is 0 Å². The van der Waals surface area contributed by atoms with Crippen LogP contribution < -0.4 is 4.90 Å². The van der Waals surface area contributed by atoms with Crippen LogP contribution >= 0.6 is 11.6 Å². The van der Waals surface area contributed by atoms with Gasteiger partial charge in [-0.1, -0.05) is 23.7 Å². The first-order valence-electron chi connectivity index (χ1n) is 9.02. The molecule has 0 aliphatic carbocycles. The van der Waals surface area contributed by atoms with Crippen LogP contribution in [0.15, 0.2) is 36.7 Å². The van der Waals surface area contributed by atoms with Gasteiger partial charge in [-0.3, -0.25) is 4.90 Å². The first-order chi connectivity index (χ1) is 12.6. The molecule has 0 saturated carbocycles. The summed E-state index contributed by atoms with van der Waals surface area (Å²) in [5.74, 6) is 1.89. The Morgan fingerprint density at radius 1 is 1.04 bits per heavy atom. The molecule has 1 saturated heterocycles. The summed E-state index contributed by atoms with van der Waals surface area (Å²) < 4.78 is 2.35. The Kier molecular flexibility index (Phi) is 4.78. The smallest absolute Gasteiger partial charge is 0.225 e. The first-order valence-corrected chi connectivity index (χ1v) is 9.40. The Morgan fingerprint density at radius 3 is 2.42 bits per heavy atom. The lowest BCUT2D eigenvalue weighted by molar-refractivity contribution is 0.239. The molecule has 3 heterocycles. The van der Waals surface area contributed by atoms with Crippen LogP contribution in [0.2, 0.25) is 5.02 Å². The number of hydrogen-bond acceptors (Lipinski definition) is 5. The molecular formula is C19H23ClN6. The van der Waals surface area contributed by atoms with Crippen molar-refractivity contribution in [2.45, 2.75) is 26.4 Å². The Morgan fingerprint density at radius 2 is 1.73 bits per heavy atom. The van der Waals surface area contributed by atoms with E-state index in [4.69, 9.17) is 16.6 Å². The molecule has 0 N–H and O–H groups in total. The van der Waals surface area contributed by atoms with E-state index in [0.717, 1.165) is 50.0 Å². The number of aromatic nitrogens is 4. The fourth-order valence-electron chi connectivity index (χ4n) is 3.56. The van der Waals surface area contributed by atoms with E-state index in [1.54, 1.807) is 12.4 Å². The minimum absolute atomic E-state index is 0.390. The number of piperazine rings is 1. The standard InChI is InChI=1S/C19H23ClN6/c1-14(2)26-17-6-4-3-5-16(17)23-18(26)13-24-7-9-25(10-8-24)19-21-11-15(20)12-22-19/h3-6,11-12,14H,7-10,13H2,1-2H3. The highest BCUT2D eigenvalue weighted by Gasteiger charge is 2.21. The maximum Gasteiger partial charge on any atom is 0.225 e. The number of rotatable bonds is 4. The number of anilines is 1. The third-order valence-electron chi connectivity index (χ3n) is 4.81. The third kappa shape index (κ3) is 3.39. The topological polar surface area (TPSA) is 50.1 Å². The van der Waals surface area contributed by atoms with E-state index < -0.39 is 0 Å². The molecule has 0 bridgehead atoms. The minimum atomic E-state index is 0.390. The van der Waals surface area contributed by atoms with Gasteiger partial charge >= 0.3 is 0 Å². The van der Waals surface area contributed by atoms with Gasteiger partial charge in [-0.15, -0.1) is 0 Å². The summed E-state index contributed by atoms with van der Waals surface area (Å²) in [6, 6.07) is 8.77. The molecule has 0 radical (unpaired) electrons. The van der Waals surface area contributed by atoms with Crippen LogP contribution in [0.25, 0.3) is 11.0 Å². The van der Waals surface area contributed by atoms with E-state index in [1.165, 1.54) is 5.52 Å². The molecular weight excluding hydrogens is 348 g/mol. The average Bonchev–Trinajstić information content (AvgIpc) is 3.01.